The molecular formula is C17H16BrClN2O3. The summed E-state index contributed by atoms with van der Waals surface area (Å²) >= 11 is 9.29. The number of likely N-dealkylation sites (tertiary alicyclic amines) is 1. The second kappa shape index (κ2) is 5.85. The van der Waals surface area contributed by atoms with E-state index in [1.54, 1.807) is 18.2 Å². The number of carbonyl (C=O) groups excluding carboxylic acids is 3. The summed E-state index contributed by atoms with van der Waals surface area (Å²) in [4.78, 5) is 38.5. The molecule has 0 spiro atoms. The first-order chi connectivity index (χ1) is 11.5. The molecule has 2 saturated carbocycles. The molecule has 3 amide bonds. The Balaban J connectivity index is 1.45. The summed E-state index contributed by atoms with van der Waals surface area (Å²) in [5.41, 5.74) is 0.535. The van der Waals surface area contributed by atoms with Gasteiger partial charge in [0.05, 0.1) is 16.9 Å². The average Bonchev–Trinajstić information content (AvgIpc) is 3.21. The van der Waals surface area contributed by atoms with E-state index in [9.17, 15) is 14.4 Å². The van der Waals surface area contributed by atoms with E-state index < -0.39 is 0 Å². The molecule has 7 heteroatoms. The lowest BCUT2D eigenvalue weighted by molar-refractivity contribution is -0.143. The molecule has 0 unspecified atom stereocenters. The second-order valence-corrected chi connectivity index (χ2v) is 8.09. The van der Waals surface area contributed by atoms with Crippen molar-refractivity contribution in [2.24, 2.45) is 23.7 Å². The van der Waals surface area contributed by atoms with E-state index in [4.69, 9.17) is 11.6 Å². The lowest BCUT2D eigenvalue weighted by Gasteiger charge is -2.19. The minimum atomic E-state index is -0.387. The van der Waals surface area contributed by atoms with E-state index in [0.717, 1.165) is 28.6 Å². The van der Waals surface area contributed by atoms with Crippen molar-refractivity contribution >= 4 is 50.9 Å². The number of fused-ring (bicyclic) bond motifs is 5. The highest BCUT2D eigenvalue weighted by atomic mass is 79.9. The van der Waals surface area contributed by atoms with Crippen LogP contribution < -0.4 is 5.32 Å². The van der Waals surface area contributed by atoms with Crippen LogP contribution in [0.15, 0.2) is 22.7 Å². The Morgan fingerprint density at radius 2 is 1.83 bits per heavy atom. The molecule has 0 aromatic heterocycles. The van der Waals surface area contributed by atoms with Crippen LogP contribution >= 0.6 is 27.5 Å². The van der Waals surface area contributed by atoms with Crippen LogP contribution in [0.5, 0.6) is 0 Å². The van der Waals surface area contributed by atoms with E-state index in [2.05, 4.69) is 21.2 Å². The normalized spacial score (nSPS) is 30.8. The Bertz CT molecular complexity index is 725. The second-order valence-electron chi connectivity index (χ2n) is 6.82. The van der Waals surface area contributed by atoms with Crippen LogP contribution in [0.4, 0.5) is 5.69 Å². The molecule has 1 aromatic carbocycles. The highest BCUT2D eigenvalue weighted by molar-refractivity contribution is 9.10. The van der Waals surface area contributed by atoms with Gasteiger partial charge in [0.1, 0.15) is 6.54 Å². The number of nitrogens with zero attached hydrogens (tertiary/aromatic N) is 1. The Hall–Kier alpha value is -1.40. The number of nitrogens with one attached hydrogen (secondary N) is 1. The summed E-state index contributed by atoms with van der Waals surface area (Å²) in [7, 11) is 0. The number of amides is 3. The number of imide groups is 1. The van der Waals surface area contributed by atoms with Gasteiger partial charge in [0.15, 0.2) is 0 Å². The lowest BCUT2D eigenvalue weighted by atomic mass is 9.81. The fourth-order valence-electron chi connectivity index (χ4n) is 4.54. The molecule has 1 N–H and O–H groups in total. The maximum Gasteiger partial charge on any atom is 0.244 e. The van der Waals surface area contributed by atoms with Gasteiger partial charge in [-0.1, -0.05) is 11.6 Å². The molecular weight excluding hydrogens is 396 g/mol. The molecule has 4 rings (SSSR count). The summed E-state index contributed by atoms with van der Waals surface area (Å²) in [6.07, 6.45) is 3.05. The van der Waals surface area contributed by atoms with Gasteiger partial charge in [0.25, 0.3) is 0 Å². The first-order valence-corrected chi connectivity index (χ1v) is 9.23. The van der Waals surface area contributed by atoms with Crippen LogP contribution in [0.2, 0.25) is 5.02 Å². The minimum Gasteiger partial charge on any atom is -0.324 e. The SMILES string of the molecule is O=C(CN1C(=O)[C@@H]2[C@@H]3CC[C@H](C3)[C@@H]2C1=O)Nc1ccc(Br)c(Cl)c1. The summed E-state index contributed by atoms with van der Waals surface area (Å²) in [6, 6.07) is 5.05. The third-order valence-corrected chi connectivity index (χ3v) is 6.76. The Morgan fingerprint density at radius 1 is 1.21 bits per heavy atom. The van der Waals surface area contributed by atoms with Crippen molar-refractivity contribution in [3.05, 3.63) is 27.7 Å². The van der Waals surface area contributed by atoms with Crippen molar-refractivity contribution in [3.63, 3.8) is 0 Å². The van der Waals surface area contributed by atoms with Gasteiger partial charge in [-0.25, -0.2) is 0 Å². The fourth-order valence-corrected chi connectivity index (χ4v) is 4.97. The molecule has 3 aliphatic rings. The quantitative estimate of drug-likeness (QED) is 0.777. The van der Waals surface area contributed by atoms with Crippen LogP contribution in [-0.4, -0.2) is 29.2 Å². The van der Waals surface area contributed by atoms with Gasteiger partial charge in [0.2, 0.25) is 17.7 Å². The van der Waals surface area contributed by atoms with Crippen LogP contribution in [0.25, 0.3) is 0 Å². The number of rotatable bonds is 3. The zero-order valence-corrected chi connectivity index (χ0v) is 15.1. The number of carbonyl (C=O) groups is 3. The van der Waals surface area contributed by atoms with Crippen molar-refractivity contribution in [2.45, 2.75) is 19.3 Å². The molecule has 0 radical (unpaired) electrons. The maximum absolute atomic E-state index is 12.6. The maximum atomic E-state index is 12.6. The molecule has 126 valence electrons. The lowest BCUT2D eigenvalue weighted by Crippen LogP contribution is -2.39. The zero-order valence-electron chi connectivity index (χ0n) is 12.8. The van der Waals surface area contributed by atoms with E-state index in [1.165, 1.54) is 0 Å². The molecule has 1 heterocycles. The van der Waals surface area contributed by atoms with Crippen LogP contribution in [0, 0.1) is 23.7 Å². The minimum absolute atomic E-state index is 0.166. The van der Waals surface area contributed by atoms with E-state index in [0.29, 0.717) is 22.5 Å². The molecule has 1 saturated heterocycles. The highest BCUT2D eigenvalue weighted by Gasteiger charge is 2.60. The van der Waals surface area contributed by atoms with E-state index in [1.807, 2.05) is 0 Å². The largest absolute Gasteiger partial charge is 0.324 e. The first kappa shape index (κ1) is 16.1. The predicted octanol–water partition coefficient (Wildman–Crippen LogP) is 3.07. The number of halogens is 2. The molecule has 1 aromatic rings. The molecule has 4 atom stereocenters. The third-order valence-electron chi connectivity index (χ3n) is 5.52. The van der Waals surface area contributed by atoms with Gasteiger partial charge in [-0.05, 0) is 65.2 Å². The number of hydrogen-bond donors (Lipinski definition) is 1. The average molecular weight is 412 g/mol. The van der Waals surface area contributed by atoms with Crippen molar-refractivity contribution < 1.29 is 14.4 Å². The van der Waals surface area contributed by atoms with Crippen LogP contribution in [0.3, 0.4) is 0 Å². The third kappa shape index (κ3) is 2.47. The topological polar surface area (TPSA) is 66.5 Å². The fraction of sp³-hybridized carbons (Fsp3) is 0.471. The van der Waals surface area contributed by atoms with Crippen molar-refractivity contribution in [1.82, 2.24) is 4.90 Å². The van der Waals surface area contributed by atoms with Crippen molar-refractivity contribution in [1.29, 1.82) is 0 Å². The summed E-state index contributed by atoms with van der Waals surface area (Å²) in [5.74, 6) is -0.438. The van der Waals surface area contributed by atoms with Crippen LogP contribution in [-0.2, 0) is 14.4 Å². The Kier molecular flexibility index (Phi) is 3.92. The number of benzene rings is 1. The first-order valence-electron chi connectivity index (χ1n) is 8.06. The smallest absolute Gasteiger partial charge is 0.244 e. The molecule has 1 aliphatic heterocycles. The molecule has 2 bridgehead atoms. The van der Waals surface area contributed by atoms with Crippen molar-refractivity contribution in [2.75, 3.05) is 11.9 Å². The van der Waals surface area contributed by atoms with Crippen LogP contribution in [0.1, 0.15) is 19.3 Å². The molecule has 24 heavy (non-hydrogen) atoms. The van der Waals surface area contributed by atoms with Gasteiger partial charge < -0.3 is 5.32 Å². The number of anilines is 1. The standard InChI is InChI=1S/C17H16BrClN2O3/c18-11-4-3-10(6-12(11)19)20-13(22)7-21-16(23)14-8-1-2-9(5-8)15(14)17(21)24/h3-4,6,8-9,14-15H,1-2,5,7H2,(H,20,22)/t8-,9-,14-,15+/m1/s1. The molecule has 5 nitrogen and oxygen atoms in total. The van der Waals surface area contributed by atoms with E-state index >= 15 is 0 Å². The Labute approximate surface area is 152 Å². The summed E-state index contributed by atoms with van der Waals surface area (Å²) in [6.45, 7) is -0.224. The summed E-state index contributed by atoms with van der Waals surface area (Å²) < 4.78 is 0.732. The zero-order chi connectivity index (χ0) is 17.0. The summed E-state index contributed by atoms with van der Waals surface area (Å²) in [5, 5.41) is 3.17. The van der Waals surface area contributed by atoms with Crippen molar-refractivity contribution in [3.8, 4) is 0 Å². The molecule has 3 fully saturated rings. The monoisotopic (exact) mass is 410 g/mol. The van der Waals surface area contributed by atoms with Gasteiger partial charge >= 0.3 is 0 Å². The van der Waals surface area contributed by atoms with Gasteiger partial charge in [-0.15, -0.1) is 0 Å². The number of hydrogen-bond acceptors (Lipinski definition) is 3. The highest BCUT2D eigenvalue weighted by Crippen LogP contribution is 2.56. The van der Waals surface area contributed by atoms with Gasteiger partial charge in [0, 0.05) is 10.2 Å². The Morgan fingerprint density at radius 3 is 2.42 bits per heavy atom. The van der Waals surface area contributed by atoms with E-state index in [-0.39, 0.29) is 36.1 Å². The molecule has 2 aliphatic carbocycles. The predicted molar refractivity (Wildman–Crippen MR) is 92.3 cm³/mol. The van der Waals surface area contributed by atoms with Gasteiger partial charge in [-0.3, -0.25) is 19.3 Å². The van der Waals surface area contributed by atoms with Gasteiger partial charge in [-0.2, -0.15) is 0 Å².